The molecule has 1 saturated heterocycles. The van der Waals surface area contributed by atoms with Crippen LogP contribution in [0.3, 0.4) is 0 Å². The molecule has 1 atom stereocenters. The van der Waals surface area contributed by atoms with Crippen molar-refractivity contribution in [3.05, 3.63) is 35.5 Å². The third-order valence-corrected chi connectivity index (χ3v) is 5.10. The standard InChI is InChI=1S/C20H29FN4O2/c1-14-4-5-17(10-18(14)21)20-22-19(27-23-20)13-24(3)12-16-6-8-25(9-7-16)11-15(2)26/h4-5,10,15-16,26H,6-9,11-13H2,1-3H3. The van der Waals surface area contributed by atoms with Crippen molar-refractivity contribution < 1.29 is 14.0 Å². The Morgan fingerprint density at radius 2 is 2.11 bits per heavy atom. The molecule has 1 fully saturated rings. The number of β-amino-alcohol motifs (C(OH)–C–C–N with tert-alkyl or cyclic N) is 1. The maximum absolute atomic E-state index is 13.7. The zero-order valence-electron chi connectivity index (χ0n) is 16.4. The van der Waals surface area contributed by atoms with Crippen molar-refractivity contribution in [3.8, 4) is 11.4 Å². The van der Waals surface area contributed by atoms with Gasteiger partial charge >= 0.3 is 0 Å². The average Bonchev–Trinajstić information content (AvgIpc) is 3.07. The molecule has 0 radical (unpaired) electrons. The Labute approximate surface area is 160 Å². The van der Waals surface area contributed by atoms with Gasteiger partial charge in [0.25, 0.3) is 0 Å². The molecular weight excluding hydrogens is 347 g/mol. The van der Waals surface area contributed by atoms with Gasteiger partial charge in [0.2, 0.25) is 11.7 Å². The first-order valence-corrected chi connectivity index (χ1v) is 9.58. The Bertz CT molecular complexity index is 741. The number of benzene rings is 1. The van der Waals surface area contributed by atoms with Crippen molar-refractivity contribution in [2.24, 2.45) is 5.92 Å². The summed E-state index contributed by atoms with van der Waals surface area (Å²) in [5.41, 5.74) is 1.22. The number of halogens is 1. The summed E-state index contributed by atoms with van der Waals surface area (Å²) >= 11 is 0. The van der Waals surface area contributed by atoms with Crippen LogP contribution in [0.25, 0.3) is 11.4 Å². The predicted molar refractivity (Wildman–Crippen MR) is 102 cm³/mol. The molecule has 6 nitrogen and oxygen atoms in total. The molecule has 0 aliphatic carbocycles. The van der Waals surface area contributed by atoms with Crippen LogP contribution in [0.1, 0.15) is 31.2 Å². The number of likely N-dealkylation sites (tertiary alicyclic amines) is 1. The highest BCUT2D eigenvalue weighted by atomic mass is 19.1. The minimum absolute atomic E-state index is 0.266. The third kappa shape index (κ3) is 5.57. The van der Waals surface area contributed by atoms with Gasteiger partial charge in [0.05, 0.1) is 12.6 Å². The normalized spacial score (nSPS) is 17.6. The molecular formula is C20H29FN4O2. The van der Waals surface area contributed by atoms with Gasteiger partial charge in [-0.05, 0) is 64.4 Å². The van der Waals surface area contributed by atoms with Gasteiger partial charge in [-0.3, -0.25) is 4.90 Å². The van der Waals surface area contributed by atoms with Crippen molar-refractivity contribution >= 4 is 0 Å². The van der Waals surface area contributed by atoms with E-state index >= 15 is 0 Å². The summed E-state index contributed by atoms with van der Waals surface area (Å²) in [5, 5.41) is 13.5. The van der Waals surface area contributed by atoms with Crippen molar-refractivity contribution in [1.82, 2.24) is 19.9 Å². The van der Waals surface area contributed by atoms with Crippen LogP contribution < -0.4 is 0 Å². The van der Waals surface area contributed by atoms with Crippen LogP contribution in [0.2, 0.25) is 0 Å². The van der Waals surface area contributed by atoms with Crippen molar-refractivity contribution in [2.75, 3.05) is 33.2 Å². The Hall–Kier alpha value is -1.83. The molecule has 1 aromatic carbocycles. The lowest BCUT2D eigenvalue weighted by Gasteiger charge is -2.34. The summed E-state index contributed by atoms with van der Waals surface area (Å²) < 4.78 is 19.1. The number of aromatic nitrogens is 2. The molecule has 2 aromatic rings. The summed E-state index contributed by atoms with van der Waals surface area (Å²) in [6.45, 7) is 7.94. The van der Waals surface area contributed by atoms with Crippen LogP contribution in [0, 0.1) is 18.7 Å². The molecule has 1 aliphatic heterocycles. The molecule has 0 bridgehead atoms. The average molecular weight is 376 g/mol. The number of aliphatic hydroxyl groups excluding tert-OH is 1. The fourth-order valence-electron chi connectivity index (χ4n) is 3.63. The number of aryl methyl sites for hydroxylation is 1. The van der Waals surface area contributed by atoms with Crippen molar-refractivity contribution in [3.63, 3.8) is 0 Å². The van der Waals surface area contributed by atoms with E-state index in [0.717, 1.165) is 39.0 Å². The lowest BCUT2D eigenvalue weighted by molar-refractivity contribution is 0.0908. The van der Waals surface area contributed by atoms with Gasteiger partial charge in [-0.1, -0.05) is 17.3 Å². The monoisotopic (exact) mass is 376 g/mol. The number of piperidine rings is 1. The van der Waals surface area contributed by atoms with Gasteiger partial charge in [-0.25, -0.2) is 4.39 Å². The summed E-state index contributed by atoms with van der Waals surface area (Å²) in [7, 11) is 2.05. The van der Waals surface area contributed by atoms with E-state index < -0.39 is 0 Å². The van der Waals surface area contributed by atoms with Gasteiger partial charge in [-0.15, -0.1) is 0 Å². The fourth-order valence-corrected chi connectivity index (χ4v) is 3.63. The number of nitrogens with zero attached hydrogens (tertiary/aromatic N) is 4. The molecule has 1 unspecified atom stereocenters. The molecule has 1 aromatic heterocycles. The lowest BCUT2D eigenvalue weighted by Crippen LogP contribution is -2.40. The molecule has 0 amide bonds. The number of hydrogen-bond donors (Lipinski definition) is 1. The molecule has 1 aliphatic rings. The van der Waals surface area contributed by atoms with Gasteiger partial charge in [0, 0.05) is 18.7 Å². The Kier molecular flexibility index (Phi) is 6.57. The molecule has 0 spiro atoms. The van der Waals surface area contributed by atoms with E-state index in [9.17, 15) is 9.50 Å². The van der Waals surface area contributed by atoms with Gasteiger partial charge in [0.1, 0.15) is 5.82 Å². The van der Waals surface area contributed by atoms with E-state index in [1.807, 2.05) is 6.92 Å². The first kappa shape index (κ1) is 19.9. The van der Waals surface area contributed by atoms with E-state index in [1.165, 1.54) is 6.07 Å². The maximum Gasteiger partial charge on any atom is 0.241 e. The van der Waals surface area contributed by atoms with Crippen LogP contribution in [-0.2, 0) is 6.54 Å². The molecule has 7 heteroatoms. The van der Waals surface area contributed by atoms with E-state index in [1.54, 1.807) is 19.1 Å². The minimum Gasteiger partial charge on any atom is -0.392 e. The maximum atomic E-state index is 13.7. The van der Waals surface area contributed by atoms with Gasteiger partial charge < -0.3 is 14.5 Å². The van der Waals surface area contributed by atoms with E-state index in [4.69, 9.17) is 4.52 Å². The van der Waals surface area contributed by atoms with E-state index in [-0.39, 0.29) is 11.9 Å². The molecule has 0 saturated carbocycles. The number of aliphatic hydroxyl groups is 1. The quantitative estimate of drug-likeness (QED) is 0.802. The molecule has 3 rings (SSSR count). The first-order valence-electron chi connectivity index (χ1n) is 9.58. The Balaban J connectivity index is 1.49. The lowest BCUT2D eigenvalue weighted by atomic mass is 9.96. The topological polar surface area (TPSA) is 65.6 Å². The van der Waals surface area contributed by atoms with Crippen LogP contribution in [0.5, 0.6) is 0 Å². The summed E-state index contributed by atoms with van der Waals surface area (Å²) in [5.74, 6) is 1.33. The smallest absolute Gasteiger partial charge is 0.241 e. The SMILES string of the molecule is Cc1ccc(-c2noc(CN(C)CC3CCN(CC(C)O)CC3)n2)cc1F. The fraction of sp³-hybridized carbons (Fsp3) is 0.600. The van der Waals surface area contributed by atoms with Gasteiger partial charge in [0.15, 0.2) is 0 Å². The third-order valence-electron chi connectivity index (χ3n) is 5.10. The molecule has 1 N–H and O–H groups in total. The molecule has 27 heavy (non-hydrogen) atoms. The van der Waals surface area contributed by atoms with Crippen molar-refractivity contribution in [1.29, 1.82) is 0 Å². The van der Waals surface area contributed by atoms with Gasteiger partial charge in [-0.2, -0.15) is 4.98 Å². The summed E-state index contributed by atoms with van der Waals surface area (Å²) in [4.78, 5) is 8.93. The van der Waals surface area contributed by atoms with Crippen LogP contribution in [0.4, 0.5) is 4.39 Å². The summed E-state index contributed by atoms with van der Waals surface area (Å²) in [6.07, 6.45) is 2.00. The van der Waals surface area contributed by atoms with Crippen LogP contribution >= 0.6 is 0 Å². The van der Waals surface area contributed by atoms with E-state index in [0.29, 0.717) is 35.3 Å². The number of hydrogen-bond acceptors (Lipinski definition) is 6. The summed E-state index contributed by atoms with van der Waals surface area (Å²) in [6, 6.07) is 4.96. The zero-order chi connectivity index (χ0) is 19.4. The first-order chi connectivity index (χ1) is 12.9. The molecule has 148 valence electrons. The molecule has 2 heterocycles. The minimum atomic E-state index is -0.266. The second kappa shape index (κ2) is 8.91. The second-order valence-corrected chi connectivity index (χ2v) is 7.77. The highest BCUT2D eigenvalue weighted by Crippen LogP contribution is 2.21. The Morgan fingerprint density at radius 3 is 2.78 bits per heavy atom. The second-order valence-electron chi connectivity index (χ2n) is 7.77. The predicted octanol–water partition coefficient (Wildman–Crippen LogP) is 2.71. The highest BCUT2D eigenvalue weighted by molar-refractivity contribution is 5.54. The largest absolute Gasteiger partial charge is 0.392 e. The number of rotatable bonds is 7. The van der Waals surface area contributed by atoms with Crippen LogP contribution in [0.15, 0.2) is 22.7 Å². The van der Waals surface area contributed by atoms with E-state index in [2.05, 4.69) is 27.0 Å². The van der Waals surface area contributed by atoms with Crippen molar-refractivity contribution in [2.45, 2.75) is 39.3 Å². The zero-order valence-corrected chi connectivity index (χ0v) is 16.4. The van der Waals surface area contributed by atoms with Crippen LogP contribution in [-0.4, -0.2) is 64.4 Å². The highest BCUT2D eigenvalue weighted by Gasteiger charge is 2.22. The Morgan fingerprint density at radius 1 is 1.37 bits per heavy atom.